The molecule has 0 atom stereocenters. The number of pyridine rings is 1. The molecule has 0 amide bonds. The lowest BCUT2D eigenvalue weighted by Crippen LogP contribution is -2.19. The Labute approximate surface area is 133 Å². The number of thiocarbonyl (C=S) groups is 1. The Kier molecular flexibility index (Phi) is 5.57. The molecule has 1 heterocycles. The summed E-state index contributed by atoms with van der Waals surface area (Å²) in [7, 11) is 0. The molecule has 2 rings (SSSR count). The lowest BCUT2D eigenvalue weighted by Gasteiger charge is -2.26. The maximum atomic E-state index is 5.85. The minimum absolute atomic E-state index is 0.425. The quantitative estimate of drug-likeness (QED) is 0.808. The molecule has 1 aromatic rings. The van der Waals surface area contributed by atoms with Gasteiger partial charge in [-0.1, -0.05) is 44.8 Å². The Hall–Kier alpha value is -1.16. The summed E-state index contributed by atoms with van der Waals surface area (Å²) in [5.41, 5.74) is 8.85. The van der Waals surface area contributed by atoms with E-state index in [2.05, 4.69) is 17.2 Å². The number of rotatable bonds is 5. The zero-order valence-electron chi connectivity index (χ0n) is 13.4. The summed E-state index contributed by atoms with van der Waals surface area (Å²) in [6.07, 6.45) is 6.70. The molecule has 0 spiro atoms. The van der Waals surface area contributed by atoms with E-state index in [1.54, 1.807) is 0 Å². The van der Waals surface area contributed by atoms with Gasteiger partial charge in [0.1, 0.15) is 10.8 Å². The van der Waals surface area contributed by atoms with Crippen molar-refractivity contribution in [2.45, 2.75) is 52.9 Å². The van der Waals surface area contributed by atoms with E-state index in [1.165, 1.54) is 32.1 Å². The van der Waals surface area contributed by atoms with E-state index >= 15 is 0 Å². The van der Waals surface area contributed by atoms with Crippen molar-refractivity contribution in [1.82, 2.24) is 4.98 Å². The van der Waals surface area contributed by atoms with Gasteiger partial charge in [0.25, 0.3) is 0 Å². The van der Waals surface area contributed by atoms with Gasteiger partial charge in [-0.3, -0.25) is 0 Å². The van der Waals surface area contributed by atoms with Gasteiger partial charge in [-0.25, -0.2) is 4.98 Å². The van der Waals surface area contributed by atoms with Gasteiger partial charge >= 0.3 is 0 Å². The van der Waals surface area contributed by atoms with Crippen molar-refractivity contribution in [2.75, 3.05) is 11.9 Å². The highest BCUT2D eigenvalue weighted by atomic mass is 32.1. The van der Waals surface area contributed by atoms with Crippen molar-refractivity contribution in [3.63, 3.8) is 0 Å². The average molecular weight is 305 g/mol. The molecule has 0 aliphatic heterocycles. The van der Waals surface area contributed by atoms with Gasteiger partial charge in [-0.05, 0) is 43.7 Å². The van der Waals surface area contributed by atoms with E-state index in [0.717, 1.165) is 41.0 Å². The number of nitrogens with two attached hydrogens (primary N) is 1. The molecule has 0 bridgehead atoms. The molecule has 0 unspecified atom stereocenters. The molecule has 4 heteroatoms. The first-order valence-electron chi connectivity index (χ1n) is 7.99. The van der Waals surface area contributed by atoms with Gasteiger partial charge in [0.2, 0.25) is 0 Å². The van der Waals surface area contributed by atoms with Gasteiger partial charge in [0.05, 0.1) is 5.56 Å². The number of aryl methyl sites for hydroxylation is 2. The lowest BCUT2D eigenvalue weighted by atomic mass is 9.81. The summed E-state index contributed by atoms with van der Waals surface area (Å²) in [6, 6.07) is 2.03. The fourth-order valence-electron chi connectivity index (χ4n) is 3.29. The molecule has 1 aromatic heterocycles. The smallest absolute Gasteiger partial charge is 0.136 e. The number of nitrogens with zero attached hydrogens (tertiary/aromatic N) is 1. The summed E-state index contributed by atoms with van der Waals surface area (Å²) >= 11 is 5.17. The molecule has 3 N–H and O–H groups in total. The number of aromatic nitrogens is 1. The molecule has 0 aromatic carbocycles. The normalized spacial score (nSPS) is 22.0. The Bertz CT molecular complexity index is 505. The van der Waals surface area contributed by atoms with Crippen LogP contribution in [0.15, 0.2) is 6.07 Å². The number of hydrogen-bond donors (Lipinski definition) is 2. The second-order valence-electron chi connectivity index (χ2n) is 6.51. The van der Waals surface area contributed by atoms with Crippen LogP contribution < -0.4 is 11.1 Å². The van der Waals surface area contributed by atoms with Crippen LogP contribution >= 0.6 is 12.2 Å². The van der Waals surface area contributed by atoms with Crippen LogP contribution in [0.4, 0.5) is 5.82 Å². The molecular weight excluding hydrogens is 278 g/mol. The molecule has 0 radical (unpaired) electrons. The van der Waals surface area contributed by atoms with Gasteiger partial charge in [-0.2, -0.15) is 0 Å². The average Bonchev–Trinajstić information content (AvgIpc) is 2.39. The van der Waals surface area contributed by atoms with Crippen molar-refractivity contribution in [3.8, 4) is 0 Å². The van der Waals surface area contributed by atoms with E-state index in [0.29, 0.717) is 4.99 Å². The monoisotopic (exact) mass is 305 g/mol. The van der Waals surface area contributed by atoms with Gasteiger partial charge in [0.15, 0.2) is 0 Å². The predicted molar refractivity (Wildman–Crippen MR) is 93.8 cm³/mol. The second-order valence-corrected chi connectivity index (χ2v) is 6.95. The Morgan fingerprint density at radius 2 is 2.00 bits per heavy atom. The first kappa shape index (κ1) is 16.2. The molecule has 0 saturated heterocycles. The number of hydrogen-bond acceptors (Lipinski definition) is 3. The van der Waals surface area contributed by atoms with Crippen molar-refractivity contribution in [1.29, 1.82) is 0 Å². The molecule has 1 saturated carbocycles. The minimum Gasteiger partial charge on any atom is -0.389 e. The van der Waals surface area contributed by atoms with Crippen LogP contribution in [-0.4, -0.2) is 16.5 Å². The summed E-state index contributed by atoms with van der Waals surface area (Å²) in [4.78, 5) is 5.00. The van der Waals surface area contributed by atoms with Crippen molar-refractivity contribution in [2.24, 2.45) is 17.6 Å². The number of anilines is 1. The fraction of sp³-hybridized carbons (Fsp3) is 0.647. The van der Waals surface area contributed by atoms with E-state index in [1.807, 2.05) is 19.9 Å². The molecule has 3 nitrogen and oxygen atoms in total. The minimum atomic E-state index is 0.425. The van der Waals surface area contributed by atoms with Gasteiger partial charge < -0.3 is 11.1 Å². The number of nitrogens with one attached hydrogen (secondary N) is 1. The fourth-order valence-corrected chi connectivity index (χ4v) is 3.55. The largest absolute Gasteiger partial charge is 0.389 e. The predicted octanol–water partition coefficient (Wildman–Crippen LogP) is 3.96. The molecule has 1 aliphatic rings. The van der Waals surface area contributed by atoms with Gasteiger partial charge in [0, 0.05) is 12.2 Å². The van der Waals surface area contributed by atoms with Crippen LogP contribution in [0.2, 0.25) is 0 Å². The van der Waals surface area contributed by atoms with Crippen LogP contribution in [0.25, 0.3) is 0 Å². The third kappa shape index (κ3) is 4.40. The zero-order chi connectivity index (χ0) is 15.4. The zero-order valence-corrected chi connectivity index (χ0v) is 14.2. The first-order chi connectivity index (χ1) is 9.97. The first-order valence-corrected chi connectivity index (χ1v) is 8.40. The Morgan fingerprint density at radius 1 is 1.33 bits per heavy atom. The second kappa shape index (κ2) is 7.21. The van der Waals surface area contributed by atoms with Crippen molar-refractivity contribution in [3.05, 3.63) is 22.9 Å². The summed E-state index contributed by atoms with van der Waals surface area (Å²) < 4.78 is 0. The standard InChI is InChI=1S/C17H27N3S/c1-11-4-6-14(7-5-11)8-9-19-17-15(16(18)21)12(2)10-13(3)20-17/h10-11,14H,4-9H2,1-3H3,(H2,18,21)(H,19,20). The van der Waals surface area contributed by atoms with Crippen LogP contribution in [0, 0.1) is 25.7 Å². The Morgan fingerprint density at radius 3 is 2.62 bits per heavy atom. The molecular formula is C17H27N3S. The molecule has 21 heavy (non-hydrogen) atoms. The van der Waals surface area contributed by atoms with Crippen LogP contribution in [-0.2, 0) is 0 Å². The van der Waals surface area contributed by atoms with Crippen molar-refractivity contribution >= 4 is 23.0 Å². The Balaban J connectivity index is 1.95. The van der Waals surface area contributed by atoms with Crippen LogP contribution in [0.1, 0.15) is 55.8 Å². The van der Waals surface area contributed by atoms with E-state index in [-0.39, 0.29) is 0 Å². The highest BCUT2D eigenvalue weighted by molar-refractivity contribution is 7.80. The highest BCUT2D eigenvalue weighted by Gasteiger charge is 2.18. The van der Waals surface area contributed by atoms with Gasteiger partial charge in [-0.15, -0.1) is 0 Å². The molecule has 1 aliphatic carbocycles. The lowest BCUT2D eigenvalue weighted by molar-refractivity contribution is 0.282. The maximum Gasteiger partial charge on any atom is 0.136 e. The summed E-state index contributed by atoms with van der Waals surface area (Å²) in [5, 5.41) is 3.46. The van der Waals surface area contributed by atoms with E-state index in [4.69, 9.17) is 18.0 Å². The van der Waals surface area contributed by atoms with E-state index < -0.39 is 0 Å². The van der Waals surface area contributed by atoms with E-state index in [9.17, 15) is 0 Å². The third-order valence-electron chi connectivity index (χ3n) is 4.57. The SMILES string of the molecule is Cc1cc(C)c(C(N)=S)c(NCCC2CCC(C)CC2)n1. The molecule has 116 valence electrons. The van der Waals surface area contributed by atoms with Crippen molar-refractivity contribution < 1.29 is 0 Å². The third-order valence-corrected chi connectivity index (χ3v) is 4.78. The topological polar surface area (TPSA) is 50.9 Å². The summed E-state index contributed by atoms with van der Waals surface area (Å²) in [6.45, 7) is 7.36. The molecule has 1 fully saturated rings. The van der Waals surface area contributed by atoms with Crippen LogP contribution in [0.3, 0.4) is 0 Å². The summed E-state index contributed by atoms with van der Waals surface area (Å²) in [5.74, 6) is 2.62. The van der Waals surface area contributed by atoms with Crippen LogP contribution in [0.5, 0.6) is 0 Å². The highest BCUT2D eigenvalue weighted by Crippen LogP contribution is 2.30. The maximum absolute atomic E-state index is 5.85.